The molecule has 1 saturated carbocycles. The summed E-state index contributed by atoms with van der Waals surface area (Å²) < 4.78 is 5.48. The van der Waals surface area contributed by atoms with Crippen LogP contribution in [0.4, 0.5) is 5.69 Å². The van der Waals surface area contributed by atoms with E-state index in [4.69, 9.17) is 9.84 Å². The Morgan fingerprint density at radius 3 is 2.93 bits per heavy atom. The highest BCUT2D eigenvalue weighted by Gasteiger charge is 2.26. The second-order valence-corrected chi connectivity index (χ2v) is 3.44. The molecule has 15 heavy (non-hydrogen) atoms. The van der Waals surface area contributed by atoms with Crippen LogP contribution in [-0.4, -0.2) is 29.2 Å². The van der Waals surface area contributed by atoms with Gasteiger partial charge in [0.15, 0.2) is 11.4 Å². The van der Waals surface area contributed by atoms with Gasteiger partial charge in [0, 0.05) is 13.1 Å². The van der Waals surface area contributed by atoms with E-state index >= 15 is 0 Å². The predicted molar refractivity (Wildman–Crippen MR) is 54.4 cm³/mol. The van der Waals surface area contributed by atoms with Crippen molar-refractivity contribution in [2.24, 2.45) is 0 Å². The minimum absolute atomic E-state index is 0.0269. The molecule has 1 aliphatic carbocycles. The lowest BCUT2D eigenvalue weighted by Gasteiger charge is -2.08. The molecule has 2 N–H and O–H groups in total. The molecule has 0 aliphatic heterocycles. The quantitative estimate of drug-likeness (QED) is 0.781. The molecule has 1 aromatic heterocycles. The highest BCUT2D eigenvalue weighted by molar-refractivity contribution is 5.89. The Labute approximate surface area is 87.1 Å². The number of nitrogens with zero attached hydrogens (tertiary/aromatic N) is 1. The number of anilines is 1. The van der Waals surface area contributed by atoms with Crippen LogP contribution in [0.15, 0.2) is 12.3 Å². The van der Waals surface area contributed by atoms with E-state index in [1.807, 2.05) is 0 Å². The summed E-state index contributed by atoms with van der Waals surface area (Å²) in [5.41, 5.74) is 0.719. The molecule has 0 aromatic carbocycles. The Morgan fingerprint density at radius 2 is 2.40 bits per heavy atom. The zero-order valence-corrected chi connectivity index (χ0v) is 8.36. The maximum atomic E-state index is 10.9. The smallest absolute Gasteiger partial charge is 0.358 e. The molecule has 5 nitrogen and oxygen atoms in total. The van der Waals surface area contributed by atoms with Gasteiger partial charge < -0.3 is 15.2 Å². The second kappa shape index (κ2) is 3.76. The van der Waals surface area contributed by atoms with Crippen molar-refractivity contribution in [2.75, 3.05) is 12.4 Å². The molecule has 1 heterocycles. The third-order valence-corrected chi connectivity index (χ3v) is 2.16. The average Bonchev–Trinajstić information content (AvgIpc) is 3.01. The van der Waals surface area contributed by atoms with E-state index in [1.54, 1.807) is 13.1 Å². The molecule has 80 valence electrons. The number of pyridine rings is 1. The van der Waals surface area contributed by atoms with Crippen molar-refractivity contribution in [3.05, 3.63) is 18.0 Å². The first-order valence-corrected chi connectivity index (χ1v) is 4.78. The lowest BCUT2D eigenvalue weighted by atomic mass is 10.3. The van der Waals surface area contributed by atoms with Crippen LogP contribution in [0.1, 0.15) is 23.3 Å². The van der Waals surface area contributed by atoms with Crippen molar-refractivity contribution in [1.29, 1.82) is 0 Å². The van der Waals surface area contributed by atoms with Crippen LogP contribution in [0, 0.1) is 0 Å². The fourth-order valence-electron chi connectivity index (χ4n) is 1.20. The topological polar surface area (TPSA) is 71.5 Å². The number of ether oxygens (including phenoxy) is 1. The van der Waals surface area contributed by atoms with Gasteiger partial charge in [0.1, 0.15) is 0 Å². The van der Waals surface area contributed by atoms with Crippen molar-refractivity contribution in [3.63, 3.8) is 0 Å². The molecule has 0 spiro atoms. The number of hydrogen-bond donors (Lipinski definition) is 2. The maximum Gasteiger partial charge on any atom is 0.358 e. The number of hydrogen-bond acceptors (Lipinski definition) is 4. The summed E-state index contributed by atoms with van der Waals surface area (Å²) in [6.45, 7) is 0. The molecular formula is C10H12N2O3. The number of aromatic carboxylic acids is 1. The molecule has 5 heteroatoms. The minimum atomic E-state index is -1.06. The maximum absolute atomic E-state index is 10.9. The Bertz CT molecular complexity index is 388. The summed E-state index contributed by atoms with van der Waals surface area (Å²) >= 11 is 0. The normalized spacial score (nSPS) is 14.7. The third-order valence-electron chi connectivity index (χ3n) is 2.16. The van der Waals surface area contributed by atoms with Gasteiger partial charge in [0.05, 0.1) is 18.0 Å². The highest BCUT2D eigenvalue weighted by Crippen LogP contribution is 2.29. The van der Waals surface area contributed by atoms with Crippen LogP contribution in [-0.2, 0) is 0 Å². The van der Waals surface area contributed by atoms with Gasteiger partial charge in [-0.15, -0.1) is 0 Å². The lowest BCUT2D eigenvalue weighted by molar-refractivity contribution is 0.0685. The molecule has 1 fully saturated rings. The number of carbonyl (C=O) groups is 1. The van der Waals surface area contributed by atoms with Crippen LogP contribution >= 0.6 is 0 Å². The summed E-state index contributed by atoms with van der Waals surface area (Å²) in [7, 11) is 1.75. The van der Waals surface area contributed by atoms with Crippen molar-refractivity contribution in [1.82, 2.24) is 4.98 Å². The number of carboxylic acids is 1. The second-order valence-electron chi connectivity index (χ2n) is 3.44. The zero-order chi connectivity index (χ0) is 10.8. The molecule has 2 rings (SSSR count). The van der Waals surface area contributed by atoms with Gasteiger partial charge in [0.2, 0.25) is 0 Å². The van der Waals surface area contributed by atoms with Gasteiger partial charge >= 0.3 is 5.97 Å². The van der Waals surface area contributed by atoms with Gasteiger partial charge in [-0.25, -0.2) is 9.78 Å². The van der Waals surface area contributed by atoms with Crippen LogP contribution in [0.2, 0.25) is 0 Å². The predicted octanol–water partition coefficient (Wildman–Crippen LogP) is 1.36. The highest BCUT2D eigenvalue weighted by atomic mass is 16.5. The first-order valence-electron chi connectivity index (χ1n) is 4.78. The van der Waals surface area contributed by atoms with Gasteiger partial charge in [0.25, 0.3) is 0 Å². The Kier molecular flexibility index (Phi) is 2.45. The standard InChI is InChI=1S/C10H12N2O3/c1-11-6-4-8(15-7-2-3-7)9(10(13)14)12-5-6/h4-5,7,11H,2-3H2,1H3,(H,13,14). The fraction of sp³-hybridized carbons (Fsp3) is 0.400. The number of rotatable bonds is 4. The van der Waals surface area contributed by atoms with Crippen LogP contribution in [0.5, 0.6) is 5.75 Å². The summed E-state index contributed by atoms with van der Waals surface area (Å²) in [6, 6.07) is 1.66. The summed E-state index contributed by atoms with van der Waals surface area (Å²) in [6.07, 6.45) is 3.62. The van der Waals surface area contributed by atoms with Crippen LogP contribution in [0.3, 0.4) is 0 Å². The molecule has 0 bridgehead atoms. The fourth-order valence-corrected chi connectivity index (χ4v) is 1.20. The number of nitrogens with one attached hydrogen (secondary N) is 1. The van der Waals surface area contributed by atoms with Crippen molar-refractivity contribution < 1.29 is 14.6 Å². The first-order chi connectivity index (χ1) is 7.20. The SMILES string of the molecule is CNc1cnc(C(=O)O)c(OC2CC2)c1. The van der Waals surface area contributed by atoms with E-state index in [2.05, 4.69) is 10.3 Å². The van der Waals surface area contributed by atoms with E-state index in [0.717, 1.165) is 18.5 Å². The van der Waals surface area contributed by atoms with Gasteiger partial charge in [-0.05, 0) is 12.8 Å². The zero-order valence-electron chi connectivity index (χ0n) is 8.36. The van der Waals surface area contributed by atoms with E-state index in [1.165, 1.54) is 6.20 Å². The van der Waals surface area contributed by atoms with Gasteiger partial charge in [-0.2, -0.15) is 0 Å². The Hall–Kier alpha value is -1.78. The van der Waals surface area contributed by atoms with Gasteiger partial charge in [-0.1, -0.05) is 0 Å². The summed E-state index contributed by atoms with van der Waals surface area (Å²) in [5, 5.41) is 11.8. The molecule has 0 unspecified atom stereocenters. The van der Waals surface area contributed by atoms with E-state index < -0.39 is 5.97 Å². The molecule has 1 aliphatic rings. The van der Waals surface area contributed by atoms with Crippen LogP contribution in [0.25, 0.3) is 0 Å². The summed E-state index contributed by atoms with van der Waals surface area (Å²) in [5.74, 6) is -0.717. The minimum Gasteiger partial charge on any atom is -0.488 e. The van der Waals surface area contributed by atoms with Crippen molar-refractivity contribution in [2.45, 2.75) is 18.9 Å². The first kappa shape index (κ1) is 9.76. The molecule has 0 amide bonds. The average molecular weight is 208 g/mol. The molecule has 0 saturated heterocycles. The molecular weight excluding hydrogens is 196 g/mol. The molecule has 1 aromatic rings. The van der Waals surface area contributed by atoms with E-state index in [9.17, 15) is 4.79 Å². The Morgan fingerprint density at radius 1 is 1.67 bits per heavy atom. The lowest BCUT2D eigenvalue weighted by Crippen LogP contribution is -2.07. The number of aromatic nitrogens is 1. The Balaban J connectivity index is 2.30. The largest absolute Gasteiger partial charge is 0.488 e. The van der Waals surface area contributed by atoms with Crippen LogP contribution < -0.4 is 10.1 Å². The molecule has 0 radical (unpaired) electrons. The summed E-state index contributed by atoms with van der Waals surface area (Å²) in [4.78, 5) is 14.7. The third kappa shape index (κ3) is 2.18. The van der Waals surface area contributed by atoms with Crippen molar-refractivity contribution >= 4 is 11.7 Å². The number of carboxylic acid groups (broad SMARTS) is 1. The van der Waals surface area contributed by atoms with E-state index in [-0.39, 0.29) is 11.8 Å². The van der Waals surface area contributed by atoms with Gasteiger partial charge in [-0.3, -0.25) is 0 Å². The van der Waals surface area contributed by atoms with Crippen molar-refractivity contribution in [3.8, 4) is 5.75 Å². The van der Waals surface area contributed by atoms with E-state index in [0.29, 0.717) is 5.75 Å². The monoisotopic (exact) mass is 208 g/mol. The molecule has 0 atom stereocenters.